The monoisotopic (exact) mass is 239 g/mol. The largest absolute Gasteiger partial charge is 0.307 e. The molecule has 0 radical (unpaired) electrons. The molecule has 1 fully saturated rings. The van der Waals surface area contributed by atoms with Gasteiger partial charge < -0.3 is 5.32 Å². The highest BCUT2D eigenvalue weighted by Gasteiger charge is 2.38. The summed E-state index contributed by atoms with van der Waals surface area (Å²) in [5.41, 5.74) is 1.65. The van der Waals surface area contributed by atoms with Gasteiger partial charge in [0, 0.05) is 5.54 Å². The molecular formula is C17H21N. The maximum absolute atomic E-state index is 3.78. The molecule has 18 heavy (non-hydrogen) atoms. The van der Waals surface area contributed by atoms with Crippen molar-refractivity contribution in [3.8, 4) is 0 Å². The summed E-state index contributed by atoms with van der Waals surface area (Å²) < 4.78 is 0. The van der Waals surface area contributed by atoms with Crippen molar-refractivity contribution in [3.63, 3.8) is 0 Å². The molecule has 94 valence electrons. The van der Waals surface area contributed by atoms with Crippen LogP contribution in [0.4, 0.5) is 0 Å². The maximum atomic E-state index is 3.78. The molecule has 1 nitrogen and oxygen atoms in total. The van der Waals surface area contributed by atoms with Crippen molar-refractivity contribution in [2.24, 2.45) is 5.92 Å². The molecule has 1 unspecified atom stereocenters. The Hall–Kier alpha value is -1.34. The zero-order valence-electron chi connectivity index (χ0n) is 11.2. The average molecular weight is 239 g/mol. The summed E-state index contributed by atoms with van der Waals surface area (Å²) in [7, 11) is 0. The summed E-state index contributed by atoms with van der Waals surface area (Å²) in [6.45, 7) is 5.81. The SMILES string of the molecule is CC(C)C1(c2cccc3ccccc23)CCCN1. The van der Waals surface area contributed by atoms with Gasteiger partial charge in [0.15, 0.2) is 0 Å². The molecule has 1 aliphatic heterocycles. The van der Waals surface area contributed by atoms with Gasteiger partial charge in [-0.15, -0.1) is 0 Å². The highest BCUT2D eigenvalue weighted by Crippen LogP contribution is 2.40. The summed E-state index contributed by atoms with van der Waals surface area (Å²) in [6, 6.07) is 15.5. The molecule has 1 aliphatic rings. The van der Waals surface area contributed by atoms with Gasteiger partial charge in [-0.25, -0.2) is 0 Å². The Kier molecular flexibility index (Phi) is 2.87. The van der Waals surface area contributed by atoms with E-state index in [0.29, 0.717) is 5.92 Å². The highest BCUT2D eigenvalue weighted by molar-refractivity contribution is 5.86. The Labute approximate surface area is 109 Å². The van der Waals surface area contributed by atoms with Crippen molar-refractivity contribution in [2.45, 2.75) is 32.2 Å². The molecule has 1 atom stereocenters. The third kappa shape index (κ3) is 1.65. The average Bonchev–Trinajstić information content (AvgIpc) is 2.88. The van der Waals surface area contributed by atoms with Gasteiger partial charge in [-0.3, -0.25) is 0 Å². The fraction of sp³-hybridized carbons (Fsp3) is 0.412. The standard InChI is InChI=1S/C17H21N/c1-13(2)17(11-6-12-18-17)16-10-5-8-14-7-3-4-9-15(14)16/h3-5,7-10,13,18H,6,11-12H2,1-2H3. The van der Waals surface area contributed by atoms with Gasteiger partial charge in [-0.2, -0.15) is 0 Å². The van der Waals surface area contributed by atoms with Gasteiger partial charge in [0.05, 0.1) is 0 Å². The van der Waals surface area contributed by atoms with E-state index in [2.05, 4.69) is 61.6 Å². The van der Waals surface area contributed by atoms with E-state index in [1.54, 1.807) is 0 Å². The summed E-state index contributed by atoms with van der Waals surface area (Å²) in [5, 5.41) is 6.53. The summed E-state index contributed by atoms with van der Waals surface area (Å²) in [5.74, 6) is 0.616. The number of hydrogen-bond acceptors (Lipinski definition) is 1. The van der Waals surface area contributed by atoms with E-state index >= 15 is 0 Å². The third-order valence-corrected chi connectivity index (χ3v) is 4.44. The Morgan fingerprint density at radius 2 is 1.83 bits per heavy atom. The van der Waals surface area contributed by atoms with E-state index in [0.717, 1.165) is 6.54 Å². The predicted molar refractivity (Wildman–Crippen MR) is 77.7 cm³/mol. The Bertz CT molecular complexity index is 545. The van der Waals surface area contributed by atoms with E-state index in [9.17, 15) is 0 Å². The molecule has 0 spiro atoms. The van der Waals surface area contributed by atoms with Crippen LogP contribution in [0.15, 0.2) is 42.5 Å². The Morgan fingerprint density at radius 3 is 2.56 bits per heavy atom. The molecule has 1 heterocycles. The van der Waals surface area contributed by atoms with Crippen molar-refractivity contribution < 1.29 is 0 Å². The first-order valence-electron chi connectivity index (χ1n) is 6.97. The van der Waals surface area contributed by atoms with Crippen molar-refractivity contribution in [1.82, 2.24) is 5.32 Å². The van der Waals surface area contributed by atoms with Gasteiger partial charge in [0.2, 0.25) is 0 Å². The van der Waals surface area contributed by atoms with Gasteiger partial charge >= 0.3 is 0 Å². The summed E-state index contributed by atoms with van der Waals surface area (Å²) >= 11 is 0. The lowest BCUT2D eigenvalue weighted by Crippen LogP contribution is -2.41. The first-order chi connectivity index (χ1) is 8.74. The molecule has 0 amide bonds. The molecule has 2 aromatic rings. The molecule has 0 saturated carbocycles. The summed E-state index contributed by atoms with van der Waals surface area (Å²) in [4.78, 5) is 0. The van der Waals surface area contributed by atoms with Crippen LogP contribution < -0.4 is 5.32 Å². The van der Waals surface area contributed by atoms with Crippen LogP contribution in [-0.4, -0.2) is 6.54 Å². The zero-order chi connectivity index (χ0) is 12.6. The third-order valence-electron chi connectivity index (χ3n) is 4.44. The molecular weight excluding hydrogens is 218 g/mol. The lowest BCUT2D eigenvalue weighted by molar-refractivity contribution is 0.280. The van der Waals surface area contributed by atoms with Crippen LogP contribution in [0.2, 0.25) is 0 Å². The van der Waals surface area contributed by atoms with E-state index in [1.807, 2.05) is 0 Å². The van der Waals surface area contributed by atoms with Crippen molar-refractivity contribution in [3.05, 3.63) is 48.0 Å². The molecule has 0 aromatic heterocycles. The van der Waals surface area contributed by atoms with Crippen LogP contribution in [0.1, 0.15) is 32.3 Å². The Balaban J connectivity index is 2.24. The van der Waals surface area contributed by atoms with Crippen LogP contribution >= 0.6 is 0 Å². The maximum Gasteiger partial charge on any atom is 0.0464 e. The van der Waals surface area contributed by atoms with Crippen LogP contribution in [0.3, 0.4) is 0 Å². The topological polar surface area (TPSA) is 12.0 Å². The lowest BCUT2D eigenvalue weighted by Gasteiger charge is -2.35. The number of hydrogen-bond donors (Lipinski definition) is 1. The van der Waals surface area contributed by atoms with Gasteiger partial charge in [-0.1, -0.05) is 56.3 Å². The number of nitrogens with one attached hydrogen (secondary N) is 1. The van der Waals surface area contributed by atoms with Crippen LogP contribution in [0.25, 0.3) is 10.8 Å². The molecule has 2 aromatic carbocycles. The smallest absolute Gasteiger partial charge is 0.0464 e. The molecule has 0 aliphatic carbocycles. The van der Waals surface area contributed by atoms with Crippen LogP contribution in [-0.2, 0) is 5.54 Å². The van der Waals surface area contributed by atoms with Crippen molar-refractivity contribution in [2.75, 3.05) is 6.54 Å². The highest BCUT2D eigenvalue weighted by atomic mass is 15.0. The number of rotatable bonds is 2. The number of fused-ring (bicyclic) bond motifs is 1. The summed E-state index contributed by atoms with van der Waals surface area (Å²) in [6.07, 6.45) is 2.53. The normalized spacial score (nSPS) is 23.9. The quantitative estimate of drug-likeness (QED) is 0.833. The fourth-order valence-corrected chi connectivity index (χ4v) is 3.42. The number of benzene rings is 2. The predicted octanol–water partition coefficient (Wildman–Crippen LogP) is 4.07. The van der Waals surface area contributed by atoms with E-state index in [1.165, 1.54) is 29.2 Å². The van der Waals surface area contributed by atoms with Crippen molar-refractivity contribution in [1.29, 1.82) is 0 Å². The second kappa shape index (κ2) is 4.40. The minimum Gasteiger partial charge on any atom is -0.307 e. The first-order valence-corrected chi connectivity index (χ1v) is 6.97. The van der Waals surface area contributed by atoms with E-state index in [4.69, 9.17) is 0 Å². The van der Waals surface area contributed by atoms with E-state index < -0.39 is 0 Å². The second-order valence-electron chi connectivity index (χ2n) is 5.68. The Morgan fingerprint density at radius 1 is 1.06 bits per heavy atom. The van der Waals surface area contributed by atoms with Crippen LogP contribution in [0.5, 0.6) is 0 Å². The van der Waals surface area contributed by atoms with Crippen LogP contribution in [0, 0.1) is 5.92 Å². The molecule has 1 saturated heterocycles. The zero-order valence-corrected chi connectivity index (χ0v) is 11.2. The molecule has 3 rings (SSSR count). The fourth-order valence-electron chi connectivity index (χ4n) is 3.42. The minimum absolute atomic E-state index is 0.168. The van der Waals surface area contributed by atoms with Crippen molar-refractivity contribution >= 4 is 10.8 Å². The van der Waals surface area contributed by atoms with E-state index in [-0.39, 0.29) is 5.54 Å². The van der Waals surface area contributed by atoms with Gasteiger partial charge in [0.1, 0.15) is 0 Å². The molecule has 0 bridgehead atoms. The lowest BCUT2D eigenvalue weighted by atomic mass is 9.77. The van der Waals surface area contributed by atoms with Gasteiger partial charge in [0.25, 0.3) is 0 Å². The first kappa shape index (κ1) is 11.7. The molecule has 1 heteroatoms. The molecule has 1 N–H and O–H groups in total. The second-order valence-corrected chi connectivity index (χ2v) is 5.68. The van der Waals surface area contributed by atoms with Gasteiger partial charge in [-0.05, 0) is 41.6 Å². The minimum atomic E-state index is 0.168.